The first-order valence-electron chi connectivity index (χ1n) is 6.22. The number of benzene rings is 1. The number of allylic oxidation sites excluding steroid dienone is 1. The fourth-order valence-electron chi connectivity index (χ4n) is 2.39. The van der Waals surface area contributed by atoms with E-state index >= 15 is 0 Å². The lowest BCUT2D eigenvalue weighted by molar-refractivity contribution is -0.114. The maximum atomic E-state index is 11.5. The van der Waals surface area contributed by atoms with Crippen molar-refractivity contribution >= 4 is 5.78 Å². The number of rotatable bonds is 1. The fourth-order valence-corrected chi connectivity index (χ4v) is 2.39. The number of Topliss-reactive ketones (excluding diaryl/α,β-unsaturated/α-hetero) is 1. The Bertz CT molecular complexity index is 445. The Balaban J connectivity index is 2.25. The van der Waals surface area contributed by atoms with Crippen LogP contribution >= 0.6 is 0 Å². The Morgan fingerprint density at radius 2 is 1.76 bits per heavy atom. The van der Waals surface area contributed by atoms with Crippen molar-refractivity contribution in [1.29, 1.82) is 0 Å². The lowest BCUT2D eigenvalue weighted by Gasteiger charge is -2.20. The molecule has 90 valence electrons. The maximum absolute atomic E-state index is 11.5. The predicted molar refractivity (Wildman–Crippen MR) is 71.3 cm³/mol. The summed E-state index contributed by atoms with van der Waals surface area (Å²) in [5.74, 6) is 0.478. The summed E-state index contributed by atoms with van der Waals surface area (Å²) in [4.78, 5) is 11.5. The van der Waals surface area contributed by atoms with Crippen LogP contribution in [0.3, 0.4) is 0 Å². The van der Waals surface area contributed by atoms with Crippen LogP contribution in [0, 0.1) is 0 Å². The predicted octanol–water partition coefficient (Wildman–Crippen LogP) is 3.99. The zero-order valence-electron chi connectivity index (χ0n) is 10.9. The van der Waals surface area contributed by atoms with Crippen LogP contribution in [-0.4, -0.2) is 5.78 Å². The zero-order valence-corrected chi connectivity index (χ0v) is 10.9. The molecule has 0 radical (unpaired) electrons. The van der Waals surface area contributed by atoms with Gasteiger partial charge in [-0.1, -0.05) is 51.6 Å². The van der Waals surface area contributed by atoms with Crippen molar-refractivity contribution in [3.05, 3.63) is 47.5 Å². The molecule has 1 aliphatic rings. The van der Waals surface area contributed by atoms with Gasteiger partial charge in [0, 0.05) is 12.3 Å². The number of ketones is 1. The van der Waals surface area contributed by atoms with Crippen LogP contribution in [0.25, 0.3) is 0 Å². The van der Waals surface area contributed by atoms with E-state index in [1.807, 2.05) is 0 Å². The van der Waals surface area contributed by atoms with Gasteiger partial charge < -0.3 is 0 Å². The van der Waals surface area contributed by atoms with E-state index in [1.165, 1.54) is 11.1 Å². The first-order valence-corrected chi connectivity index (χ1v) is 6.22. The molecule has 1 unspecified atom stereocenters. The molecule has 0 aromatic heterocycles. The first-order chi connectivity index (χ1) is 7.89. The van der Waals surface area contributed by atoms with Crippen LogP contribution in [0.15, 0.2) is 36.4 Å². The normalized spacial score (nSPS) is 21.0. The average Bonchev–Trinajstić information content (AvgIpc) is 2.59. The summed E-state index contributed by atoms with van der Waals surface area (Å²) in [6.45, 7) is 10.5. The van der Waals surface area contributed by atoms with Gasteiger partial charge in [-0.3, -0.25) is 4.79 Å². The largest absolute Gasteiger partial charge is 0.295 e. The molecule has 0 amide bonds. The molecule has 1 atom stereocenters. The van der Waals surface area contributed by atoms with Crippen molar-refractivity contribution < 1.29 is 4.79 Å². The van der Waals surface area contributed by atoms with Crippen LogP contribution in [0.1, 0.15) is 50.7 Å². The summed E-state index contributed by atoms with van der Waals surface area (Å²) in [5.41, 5.74) is 3.53. The van der Waals surface area contributed by atoms with E-state index < -0.39 is 0 Å². The third kappa shape index (κ3) is 2.33. The van der Waals surface area contributed by atoms with E-state index in [-0.39, 0.29) is 17.1 Å². The van der Waals surface area contributed by atoms with E-state index in [9.17, 15) is 4.79 Å². The van der Waals surface area contributed by atoms with Crippen LogP contribution < -0.4 is 0 Å². The molecule has 1 heteroatoms. The molecular formula is C16H20O. The Labute approximate surface area is 104 Å². The smallest absolute Gasteiger partial charge is 0.158 e. The van der Waals surface area contributed by atoms with Gasteiger partial charge in [-0.15, -0.1) is 0 Å². The number of hydrogen-bond acceptors (Lipinski definition) is 1. The summed E-state index contributed by atoms with van der Waals surface area (Å²) in [6.07, 6.45) is 1.58. The lowest BCUT2D eigenvalue weighted by atomic mass is 9.85. The molecule has 1 saturated carbocycles. The molecular weight excluding hydrogens is 208 g/mol. The molecule has 0 aliphatic heterocycles. The SMILES string of the molecule is C=C1C(=O)CCC1c1ccc(C(C)(C)C)cc1. The highest BCUT2D eigenvalue weighted by atomic mass is 16.1. The molecule has 1 aliphatic carbocycles. The topological polar surface area (TPSA) is 17.1 Å². The minimum Gasteiger partial charge on any atom is -0.295 e. The zero-order chi connectivity index (χ0) is 12.6. The fraction of sp³-hybridized carbons (Fsp3) is 0.438. The average molecular weight is 228 g/mol. The number of hydrogen-bond donors (Lipinski definition) is 0. The Kier molecular flexibility index (Phi) is 2.94. The number of carbonyl (C=O) groups excluding carboxylic acids is 1. The quantitative estimate of drug-likeness (QED) is 0.664. The second-order valence-corrected chi connectivity index (χ2v) is 5.91. The van der Waals surface area contributed by atoms with Gasteiger partial charge in [0.2, 0.25) is 0 Å². The van der Waals surface area contributed by atoms with Crippen molar-refractivity contribution in [2.75, 3.05) is 0 Å². The summed E-state index contributed by atoms with van der Waals surface area (Å²) < 4.78 is 0. The summed E-state index contributed by atoms with van der Waals surface area (Å²) in [6, 6.07) is 8.64. The summed E-state index contributed by atoms with van der Waals surface area (Å²) in [7, 11) is 0. The molecule has 2 rings (SSSR count). The minimum atomic E-state index is 0.182. The van der Waals surface area contributed by atoms with E-state index in [0.717, 1.165) is 12.0 Å². The van der Waals surface area contributed by atoms with Crippen LogP contribution in [0.2, 0.25) is 0 Å². The summed E-state index contributed by atoms with van der Waals surface area (Å²) in [5, 5.41) is 0. The molecule has 1 nitrogen and oxygen atoms in total. The van der Waals surface area contributed by atoms with Gasteiger partial charge in [0.1, 0.15) is 0 Å². The van der Waals surface area contributed by atoms with Gasteiger partial charge in [0.15, 0.2) is 5.78 Å². The molecule has 0 saturated heterocycles. The van der Waals surface area contributed by atoms with Gasteiger partial charge in [-0.25, -0.2) is 0 Å². The van der Waals surface area contributed by atoms with Crippen molar-refractivity contribution in [3.63, 3.8) is 0 Å². The van der Waals surface area contributed by atoms with E-state index in [2.05, 4.69) is 51.6 Å². The highest BCUT2D eigenvalue weighted by Gasteiger charge is 2.28. The lowest BCUT2D eigenvalue weighted by Crippen LogP contribution is -2.11. The minimum absolute atomic E-state index is 0.182. The molecule has 1 aromatic rings. The van der Waals surface area contributed by atoms with Crippen molar-refractivity contribution in [1.82, 2.24) is 0 Å². The Morgan fingerprint density at radius 1 is 1.18 bits per heavy atom. The van der Waals surface area contributed by atoms with Gasteiger partial charge in [-0.05, 0) is 28.5 Å². The third-order valence-electron chi connectivity index (χ3n) is 3.62. The Morgan fingerprint density at radius 3 is 2.18 bits per heavy atom. The number of carbonyl (C=O) groups is 1. The van der Waals surface area contributed by atoms with Gasteiger partial charge in [-0.2, -0.15) is 0 Å². The third-order valence-corrected chi connectivity index (χ3v) is 3.62. The molecule has 0 heterocycles. The van der Waals surface area contributed by atoms with Crippen LogP contribution in [0.5, 0.6) is 0 Å². The van der Waals surface area contributed by atoms with Crippen molar-refractivity contribution in [2.24, 2.45) is 0 Å². The molecule has 1 fully saturated rings. The van der Waals surface area contributed by atoms with E-state index in [4.69, 9.17) is 0 Å². The van der Waals surface area contributed by atoms with E-state index in [1.54, 1.807) is 0 Å². The molecule has 17 heavy (non-hydrogen) atoms. The van der Waals surface area contributed by atoms with Crippen LogP contribution in [-0.2, 0) is 10.2 Å². The molecule has 0 spiro atoms. The molecule has 0 N–H and O–H groups in total. The van der Waals surface area contributed by atoms with Crippen LogP contribution in [0.4, 0.5) is 0 Å². The summed E-state index contributed by atoms with van der Waals surface area (Å²) >= 11 is 0. The molecule has 0 bridgehead atoms. The van der Waals surface area contributed by atoms with Gasteiger partial charge >= 0.3 is 0 Å². The first kappa shape index (κ1) is 12.1. The second kappa shape index (κ2) is 4.14. The van der Waals surface area contributed by atoms with E-state index in [0.29, 0.717) is 6.42 Å². The highest BCUT2D eigenvalue weighted by molar-refractivity contribution is 5.98. The monoisotopic (exact) mass is 228 g/mol. The van der Waals surface area contributed by atoms with Crippen molar-refractivity contribution in [2.45, 2.75) is 44.9 Å². The van der Waals surface area contributed by atoms with Gasteiger partial charge in [0.05, 0.1) is 0 Å². The standard InChI is InChI=1S/C16H20O/c1-11-14(9-10-15(11)17)12-5-7-13(8-6-12)16(2,3)4/h5-8,14H,1,9-10H2,2-4H3. The molecule has 1 aromatic carbocycles. The second-order valence-electron chi connectivity index (χ2n) is 5.91. The maximum Gasteiger partial charge on any atom is 0.158 e. The Hall–Kier alpha value is -1.37. The highest BCUT2D eigenvalue weighted by Crippen LogP contribution is 2.36. The van der Waals surface area contributed by atoms with Crippen molar-refractivity contribution in [3.8, 4) is 0 Å². The van der Waals surface area contributed by atoms with Gasteiger partial charge in [0.25, 0.3) is 0 Å².